The van der Waals surface area contributed by atoms with Crippen LogP contribution in [0.3, 0.4) is 0 Å². The van der Waals surface area contributed by atoms with Gasteiger partial charge in [0, 0.05) is 5.69 Å². The number of hydrogen-bond acceptors (Lipinski definition) is 5. The van der Waals surface area contributed by atoms with Crippen LogP contribution in [0.1, 0.15) is 78.3 Å². The second-order valence-corrected chi connectivity index (χ2v) is 8.48. The van der Waals surface area contributed by atoms with Gasteiger partial charge >= 0.3 is 5.97 Å². The largest absolute Gasteiger partial charge is 0.454 e. The molecular weight excluding hydrogens is 408 g/mol. The van der Waals surface area contributed by atoms with Crippen molar-refractivity contribution < 1.29 is 23.9 Å². The quantitative estimate of drug-likeness (QED) is 0.521. The molecule has 7 nitrogen and oxygen atoms in total. The topological polar surface area (TPSA) is 92.8 Å². The second kappa shape index (κ2) is 9.34. The molecule has 1 atom stereocenters. The number of nitrogens with zero attached hydrogens (tertiary/aromatic N) is 1. The van der Waals surface area contributed by atoms with Crippen molar-refractivity contribution >= 4 is 29.4 Å². The van der Waals surface area contributed by atoms with Crippen LogP contribution in [0.25, 0.3) is 0 Å². The maximum atomic E-state index is 12.6. The fourth-order valence-corrected chi connectivity index (χ4v) is 3.79. The third kappa shape index (κ3) is 4.42. The molecule has 7 heteroatoms. The Labute approximate surface area is 187 Å². The van der Waals surface area contributed by atoms with Gasteiger partial charge in [-0.05, 0) is 42.0 Å². The number of hydrogen-bond donors (Lipinski definition) is 1. The molecule has 0 radical (unpaired) electrons. The number of para-hydroxylation sites is 1. The van der Waals surface area contributed by atoms with Gasteiger partial charge in [0.05, 0.1) is 11.1 Å². The van der Waals surface area contributed by atoms with E-state index in [1.807, 2.05) is 45.9 Å². The summed E-state index contributed by atoms with van der Waals surface area (Å²) in [7, 11) is 0. The van der Waals surface area contributed by atoms with Crippen molar-refractivity contribution in [1.82, 2.24) is 4.90 Å². The third-order valence-electron chi connectivity index (χ3n) is 5.54. The lowest BCUT2D eigenvalue weighted by atomic mass is 9.92. The Hall–Kier alpha value is -3.48. The predicted molar refractivity (Wildman–Crippen MR) is 121 cm³/mol. The molecule has 1 N–H and O–H groups in total. The van der Waals surface area contributed by atoms with E-state index in [1.165, 1.54) is 6.92 Å². The van der Waals surface area contributed by atoms with E-state index in [0.29, 0.717) is 0 Å². The summed E-state index contributed by atoms with van der Waals surface area (Å²) in [5, 5.41) is 2.87. The number of anilines is 1. The summed E-state index contributed by atoms with van der Waals surface area (Å²) in [6.07, 6.45) is 0. The van der Waals surface area contributed by atoms with Crippen LogP contribution in [0.2, 0.25) is 0 Å². The van der Waals surface area contributed by atoms with Crippen LogP contribution in [0.5, 0.6) is 0 Å². The van der Waals surface area contributed by atoms with E-state index >= 15 is 0 Å². The van der Waals surface area contributed by atoms with Crippen molar-refractivity contribution in [2.75, 3.05) is 11.9 Å². The zero-order valence-electron chi connectivity index (χ0n) is 19.0. The lowest BCUT2D eigenvalue weighted by molar-refractivity contribution is -0.150. The number of carbonyl (C=O) groups excluding carboxylic acids is 4. The van der Waals surface area contributed by atoms with Crippen molar-refractivity contribution in [3.63, 3.8) is 0 Å². The first kappa shape index (κ1) is 23.2. The number of benzene rings is 2. The number of carbonyl (C=O) groups is 4. The van der Waals surface area contributed by atoms with Crippen LogP contribution in [0.15, 0.2) is 42.5 Å². The standard InChI is InChI=1S/C25H28N2O5/c1-14(2)17-11-8-12-18(15(3)4)22(17)26-21(28)13-32-25(31)16(5)27-23(29)19-9-6-7-10-20(19)24(27)30/h6-12,14-16H,13H2,1-5H3,(H,26,28)/t16-/m0/s1. The fraction of sp³-hybridized carbons (Fsp3) is 0.360. The molecule has 168 valence electrons. The zero-order chi connectivity index (χ0) is 23.6. The average Bonchev–Trinajstić information content (AvgIpc) is 3.01. The summed E-state index contributed by atoms with van der Waals surface area (Å²) in [5.74, 6) is -2.02. The molecule has 3 rings (SSSR count). The first-order valence-electron chi connectivity index (χ1n) is 10.7. The summed E-state index contributed by atoms with van der Waals surface area (Å²) in [6, 6.07) is 11.1. The predicted octanol–water partition coefficient (Wildman–Crippen LogP) is 4.10. The molecule has 32 heavy (non-hydrogen) atoms. The molecule has 2 aromatic carbocycles. The summed E-state index contributed by atoms with van der Waals surface area (Å²) in [4.78, 5) is 51.1. The Balaban J connectivity index is 1.67. The van der Waals surface area contributed by atoms with Gasteiger partial charge in [-0.15, -0.1) is 0 Å². The highest BCUT2D eigenvalue weighted by Gasteiger charge is 2.41. The van der Waals surface area contributed by atoms with Crippen LogP contribution in [-0.2, 0) is 14.3 Å². The first-order chi connectivity index (χ1) is 15.1. The molecule has 3 amide bonds. The molecule has 0 aromatic heterocycles. The average molecular weight is 437 g/mol. The molecule has 0 saturated heterocycles. The summed E-state index contributed by atoms with van der Waals surface area (Å²) in [6.45, 7) is 9.05. The molecular formula is C25H28N2O5. The minimum Gasteiger partial charge on any atom is -0.454 e. The number of esters is 1. The molecule has 1 heterocycles. The number of imide groups is 1. The van der Waals surface area contributed by atoms with E-state index in [1.54, 1.807) is 24.3 Å². The second-order valence-electron chi connectivity index (χ2n) is 8.48. The van der Waals surface area contributed by atoms with Crippen LogP contribution < -0.4 is 5.32 Å². The minimum absolute atomic E-state index is 0.195. The zero-order valence-corrected chi connectivity index (χ0v) is 19.0. The highest BCUT2D eigenvalue weighted by atomic mass is 16.5. The van der Waals surface area contributed by atoms with Gasteiger partial charge in [0.1, 0.15) is 6.04 Å². The minimum atomic E-state index is -1.15. The van der Waals surface area contributed by atoms with Crippen LogP contribution >= 0.6 is 0 Å². The van der Waals surface area contributed by atoms with Crippen LogP contribution in [0, 0.1) is 0 Å². The normalized spacial score (nSPS) is 14.0. The summed E-state index contributed by atoms with van der Waals surface area (Å²) < 4.78 is 5.15. The van der Waals surface area contributed by atoms with Crippen molar-refractivity contribution in [2.45, 2.75) is 52.5 Å². The number of amides is 3. The van der Waals surface area contributed by atoms with Gasteiger partial charge in [0.2, 0.25) is 0 Å². The Bertz CT molecular complexity index is 1010. The molecule has 1 aliphatic rings. The van der Waals surface area contributed by atoms with Gasteiger partial charge in [0.25, 0.3) is 17.7 Å². The van der Waals surface area contributed by atoms with E-state index in [4.69, 9.17) is 4.74 Å². The molecule has 0 unspecified atom stereocenters. The number of rotatable bonds is 7. The van der Waals surface area contributed by atoms with E-state index < -0.39 is 36.3 Å². The van der Waals surface area contributed by atoms with E-state index in [2.05, 4.69) is 5.32 Å². The number of fused-ring (bicyclic) bond motifs is 1. The van der Waals surface area contributed by atoms with Crippen molar-refractivity contribution in [2.24, 2.45) is 0 Å². The van der Waals surface area contributed by atoms with Gasteiger partial charge < -0.3 is 10.1 Å². The lowest BCUT2D eigenvalue weighted by Gasteiger charge is -2.22. The smallest absolute Gasteiger partial charge is 0.329 e. The third-order valence-corrected chi connectivity index (χ3v) is 5.54. The molecule has 2 aromatic rings. The fourth-order valence-electron chi connectivity index (χ4n) is 3.79. The molecule has 0 spiro atoms. The SMILES string of the molecule is CC(C)c1cccc(C(C)C)c1NC(=O)COC(=O)[C@H](C)N1C(=O)c2ccccc2C1=O. The lowest BCUT2D eigenvalue weighted by Crippen LogP contribution is -2.44. The van der Waals surface area contributed by atoms with Crippen LogP contribution in [-0.4, -0.2) is 41.2 Å². The van der Waals surface area contributed by atoms with Crippen LogP contribution in [0.4, 0.5) is 5.69 Å². The molecule has 0 fully saturated rings. The molecule has 0 aliphatic carbocycles. The Kier molecular flexibility index (Phi) is 6.77. The molecule has 0 bridgehead atoms. The Morgan fingerprint density at radius 1 is 0.844 bits per heavy atom. The van der Waals surface area contributed by atoms with Gasteiger partial charge in [-0.25, -0.2) is 4.79 Å². The van der Waals surface area contributed by atoms with Gasteiger partial charge in [-0.2, -0.15) is 0 Å². The number of ether oxygens (including phenoxy) is 1. The van der Waals surface area contributed by atoms with Gasteiger partial charge in [-0.1, -0.05) is 58.0 Å². The first-order valence-corrected chi connectivity index (χ1v) is 10.7. The van der Waals surface area contributed by atoms with Gasteiger partial charge in [-0.3, -0.25) is 19.3 Å². The maximum absolute atomic E-state index is 12.6. The van der Waals surface area contributed by atoms with E-state index in [-0.39, 0.29) is 23.0 Å². The number of nitrogens with one attached hydrogen (secondary N) is 1. The van der Waals surface area contributed by atoms with Crippen molar-refractivity contribution in [3.8, 4) is 0 Å². The van der Waals surface area contributed by atoms with Crippen molar-refractivity contribution in [1.29, 1.82) is 0 Å². The van der Waals surface area contributed by atoms with Gasteiger partial charge in [0.15, 0.2) is 6.61 Å². The highest BCUT2D eigenvalue weighted by molar-refractivity contribution is 6.22. The highest BCUT2D eigenvalue weighted by Crippen LogP contribution is 2.32. The molecule has 1 aliphatic heterocycles. The summed E-state index contributed by atoms with van der Waals surface area (Å²) >= 11 is 0. The monoisotopic (exact) mass is 436 g/mol. The molecule has 0 saturated carbocycles. The Morgan fingerprint density at radius 3 is 1.81 bits per heavy atom. The van der Waals surface area contributed by atoms with Crippen molar-refractivity contribution in [3.05, 3.63) is 64.7 Å². The maximum Gasteiger partial charge on any atom is 0.329 e. The van der Waals surface area contributed by atoms with E-state index in [9.17, 15) is 19.2 Å². The Morgan fingerprint density at radius 2 is 1.34 bits per heavy atom. The van der Waals surface area contributed by atoms with E-state index in [0.717, 1.165) is 21.7 Å². The summed E-state index contributed by atoms with van der Waals surface area (Å²) in [5.41, 5.74) is 3.22.